The number of furan rings is 1. The Morgan fingerprint density at radius 1 is 1.26 bits per heavy atom. The number of amides is 1. The molecule has 1 amide bonds. The number of carbonyl (C=O) groups excluding carboxylic acids is 1. The molecule has 0 radical (unpaired) electrons. The molecule has 1 saturated heterocycles. The Morgan fingerprint density at radius 2 is 2.11 bits per heavy atom. The zero-order valence-electron chi connectivity index (χ0n) is 15.9. The molecule has 0 N–H and O–H groups in total. The maximum absolute atomic E-state index is 12.8. The molecule has 0 spiro atoms. The Bertz CT molecular complexity index is 675. The lowest BCUT2D eigenvalue weighted by Crippen LogP contribution is -2.49. The lowest BCUT2D eigenvalue weighted by Gasteiger charge is -2.35. The van der Waals surface area contributed by atoms with Crippen LogP contribution in [0.3, 0.4) is 0 Å². The number of benzene rings is 1. The van der Waals surface area contributed by atoms with Crippen LogP contribution in [0.2, 0.25) is 0 Å². The summed E-state index contributed by atoms with van der Waals surface area (Å²) < 4.78 is 16.6. The summed E-state index contributed by atoms with van der Waals surface area (Å²) in [4.78, 5) is 17.0. The van der Waals surface area contributed by atoms with Gasteiger partial charge in [-0.3, -0.25) is 9.69 Å². The van der Waals surface area contributed by atoms with Crippen molar-refractivity contribution in [1.82, 2.24) is 9.80 Å². The molecule has 0 aliphatic carbocycles. The van der Waals surface area contributed by atoms with Gasteiger partial charge in [0.05, 0.1) is 38.5 Å². The van der Waals surface area contributed by atoms with E-state index in [0.29, 0.717) is 32.7 Å². The summed E-state index contributed by atoms with van der Waals surface area (Å²) in [6.07, 6.45) is 2.08. The molecule has 2 heterocycles. The standard InChI is InChI=1S/C21H28N2O4/c1-25-12-10-23(21(24)14-18-6-3-2-4-7-18)17-20-16-22(9-13-27-20)15-19-8-5-11-26-19/h2-8,11,20H,9-10,12-17H2,1H3. The molecule has 27 heavy (non-hydrogen) atoms. The van der Waals surface area contributed by atoms with Crippen molar-refractivity contribution in [3.05, 3.63) is 60.1 Å². The normalized spacial score (nSPS) is 17.7. The monoisotopic (exact) mass is 372 g/mol. The van der Waals surface area contributed by atoms with Crippen molar-refractivity contribution in [3.8, 4) is 0 Å². The van der Waals surface area contributed by atoms with Gasteiger partial charge in [0, 0.05) is 33.3 Å². The van der Waals surface area contributed by atoms with E-state index in [9.17, 15) is 4.79 Å². The molecule has 6 nitrogen and oxygen atoms in total. The Hall–Kier alpha value is -2.15. The number of ether oxygens (including phenoxy) is 2. The van der Waals surface area contributed by atoms with Crippen molar-refractivity contribution in [1.29, 1.82) is 0 Å². The van der Waals surface area contributed by atoms with Gasteiger partial charge in [-0.2, -0.15) is 0 Å². The van der Waals surface area contributed by atoms with Crippen LogP contribution in [0.1, 0.15) is 11.3 Å². The molecule has 1 atom stereocenters. The van der Waals surface area contributed by atoms with Crippen molar-refractivity contribution in [3.63, 3.8) is 0 Å². The summed E-state index contributed by atoms with van der Waals surface area (Å²) in [5.74, 6) is 1.05. The molecule has 1 aliphatic rings. The first-order valence-corrected chi connectivity index (χ1v) is 9.41. The summed E-state index contributed by atoms with van der Waals surface area (Å²) in [5, 5.41) is 0. The van der Waals surface area contributed by atoms with Gasteiger partial charge in [0.2, 0.25) is 5.91 Å². The molecule has 0 saturated carbocycles. The van der Waals surface area contributed by atoms with Gasteiger partial charge in [-0.25, -0.2) is 0 Å². The van der Waals surface area contributed by atoms with Crippen LogP contribution in [0.25, 0.3) is 0 Å². The van der Waals surface area contributed by atoms with Crippen LogP contribution in [0.15, 0.2) is 53.1 Å². The molecule has 1 fully saturated rings. The molecular weight excluding hydrogens is 344 g/mol. The summed E-state index contributed by atoms with van der Waals surface area (Å²) in [5.41, 5.74) is 1.02. The quantitative estimate of drug-likeness (QED) is 0.675. The van der Waals surface area contributed by atoms with E-state index in [4.69, 9.17) is 13.9 Å². The van der Waals surface area contributed by atoms with Crippen molar-refractivity contribution in [2.45, 2.75) is 19.1 Å². The number of rotatable bonds is 9. The zero-order valence-corrected chi connectivity index (χ0v) is 15.9. The fourth-order valence-electron chi connectivity index (χ4n) is 3.30. The van der Waals surface area contributed by atoms with E-state index >= 15 is 0 Å². The van der Waals surface area contributed by atoms with Crippen LogP contribution in [-0.4, -0.2) is 68.3 Å². The summed E-state index contributed by atoms with van der Waals surface area (Å²) in [6, 6.07) is 13.7. The Kier molecular flexibility index (Phi) is 7.45. The second-order valence-electron chi connectivity index (χ2n) is 6.80. The molecule has 1 unspecified atom stereocenters. The number of nitrogens with zero attached hydrogens (tertiary/aromatic N) is 2. The van der Waals surface area contributed by atoms with Crippen LogP contribution in [-0.2, 0) is 27.2 Å². The topological polar surface area (TPSA) is 55.1 Å². The average Bonchev–Trinajstić information content (AvgIpc) is 3.19. The number of hydrogen-bond donors (Lipinski definition) is 0. The number of methoxy groups -OCH3 is 1. The largest absolute Gasteiger partial charge is 0.468 e. The molecule has 3 rings (SSSR count). The van der Waals surface area contributed by atoms with Gasteiger partial charge < -0.3 is 18.8 Å². The lowest BCUT2D eigenvalue weighted by molar-refractivity contribution is -0.134. The van der Waals surface area contributed by atoms with Gasteiger partial charge in [-0.05, 0) is 17.7 Å². The molecule has 1 aliphatic heterocycles. The van der Waals surface area contributed by atoms with E-state index in [1.165, 1.54) is 0 Å². The SMILES string of the molecule is COCCN(CC1CN(Cc2ccco2)CCO1)C(=O)Cc1ccccc1. The Balaban J connectivity index is 1.56. The molecule has 1 aromatic heterocycles. The second-order valence-corrected chi connectivity index (χ2v) is 6.80. The maximum atomic E-state index is 12.8. The number of carbonyl (C=O) groups is 1. The molecule has 6 heteroatoms. The van der Waals surface area contributed by atoms with E-state index in [1.807, 2.05) is 47.4 Å². The highest BCUT2D eigenvalue weighted by molar-refractivity contribution is 5.78. The fraction of sp³-hybridized carbons (Fsp3) is 0.476. The number of morpholine rings is 1. The number of hydrogen-bond acceptors (Lipinski definition) is 5. The Labute approximate surface area is 160 Å². The van der Waals surface area contributed by atoms with Crippen molar-refractivity contribution in [2.24, 2.45) is 0 Å². The van der Waals surface area contributed by atoms with Gasteiger partial charge >= 0.3 is 0 Å². The summed E-state index contributed by atoms with van der Waals surface area (Å²) in [7, 11) is 1.65. The predicted octanol–water partition coefficient (Wildman–Crippen LogP) is 2.20. The first-order valence-electron chi connectivity index (χ1n) is 9.41. The van der Waals surface area contributed by atoms with Crippen LogP contribution in [0.5, 0.6) is 0 Å². The average molecular weight is 372 g/mol. The van der Waals surface area contributed by atoms with E-state index < -0.39 is 0 Å². The minimum Gasteiger partial charge on any atom is -0.468 e. The summed E-state index contributed by atoms with van der Waals surface area (Å²) >= 11 is 0. The smallest absolute Gasteiger partial charge is 0.227 e. The first kappa shape index (κ1) is 19.6. The third kappa shape index (κ3) is 6.20. The van der Waals surface area contributed by atoms with Gasteiger partial charge in [0.25, 0.3) is 0 Å². The van der Waals surface area contributed by atoms with E-state index in [1.54, 1.807) is 13.4 Å². The lowest BCUT2D eigenvalue weighted by atomic mass is 10.1. The predicted molar refractivity (Wildman–Crippen MR) is 102 cm³/mol. The van der Waals surface area contributed by atoms with Gasteiger partial charge in [0.1, 0.15) is 5.76 Å². The highest BCUT2D eigenvalue weighted by Crippen LogP contribution is 2.13. The van der Waals surface area contributed by atoms with Crippen molar-refractivity contribution < 1.29 is 18.7 Å². The highest BCUT2D eigenvalue weighted by Gasteiger charge is 2.25. The van der Waals surface area contributed by atoms with Gasteiger partial charge in [-0.15, -0.1) is 0 Å². The molecule has 2 aromatic rings. The molecular formula is C21H28N2O4. The van der Waals surface area contributed by atoms with Gasteiger partial charge in [0.15, 0.2) is 0 Å². The van der Waals surface area contributed by atoms with Crippen LogP contribution < -0.4 is 0 Å². The van der Waals surface area contributed by atoms with E-state index in [0.717, 1.165) is 31.0 Å². The molecule has 0 bridgehead atoms. The minimum absolute atomic E-state index is 0.00899. The third-order valence-electron chi connectivity index (χ3n) is 4.72. The van der Waals surface area contributed by atoms with Crippen LogP contribution >= 0.6 is 0 Å². The minimum atomic E-state index is -0.00899. The second kappa shape index (κ2) is 10.3. The molecule has 146 valence electrons. The summed E-state index contributed by atoms with van der Waals surface area (Å²) in [6.45, 7) is 4.74. The van der Waals surface area contributed by atoms with E-state index in [-0.39, 0.29) is 12.0 Å². The van der Waals surface area contributed by atoms with E-state index in [2.05, 4.69) is 4.90 Å². The molecule has 1 aromatic carbocycles. The zero-order chi connectivity index (χ0) is 18.9. The highest BCUT2D eigenvalue weighted by atomic mass is 16.5. The first-order chi connectivity index (χ1) is 13.2. The van der Waals surface area contributed by atoms with Crippen LogP contribution in [0.4, 0.5) is 0 Å². The van der Waals surface area contributed by atoms with Crippen molar-refractivity contribution >= 4 is 5.91 Å². The third-order valence-corrected chi connectivity index (χ3v) is 4.72. The fourth-order valence-corrected chi connectivity index (χ4v) is 3.30. The maximum Gasteiger partial charge on any atom is 0.227 e. The Morgan fingerprint density at radius 3 is 2.85 bits per heavy atom. The van der Waals surface area contributed by atoms with Crippen LogP contribution in [0, 0.1) is 0 Å². The van der Waals surface area contributed by atoms with Gasteiger partial charge in [-0.1, -0.05) is 30.3 Å². The van der Waals surface area contributed by atoms with Crippen molar-refractivity contribution in [2.75, 3.05) is 46.5 Å².